The van der Waals surface area contributed by atoms with Crippen LogP contribution in [0.15, 0.2) is 114 Å². The van der Waals surface area contributed by atoms with Gasteiger partial charge in [-0.1, -0.05) is 0 Å². The summed E-state index contributed by atoms with van der Waals surface area (Å²) in [6, 6.07) is 33.4. The van der Waals surface area contributed by atoms with Crippen LogP contribution >= 0.6 is 0 Å². The summed E-state index contributed by atoms with van der Waals surface area (Å²) < 4.78 is 28.4. The summed E-state index contributed by atoms with van der Waals surface area (Å²) in [6.07, 6.45) is 0. The van der Waals surface area contributed by atoms with Gasteiger partial charge in [0.15, 0.2) is 0 Å². The molecule has 0 bridgehead atoms. The number of amides is 1. The molecular weight excluding hydrogens is 529 g/mol. The minimum Gasteiger partial charge on any atom is -0.214 e. The Bertz CT molecular complexity index is 1210. The standard InChI is InChI=1S/C20H16NO3SSe.C5H5.Fe/c22-20-17-12-6-7-13-19(17)25(23,24)21(20)18(15-8-4-5-9-15)14-26-16-10-2-1-3-11-16;1-2-4-5-3-1;/h1-13,18H,14H2;1-5H;/q2*-1;+2. The SMILES string of the molecule is O=C1c2ccccc2S(=O)(=O)N1C(C[Se]c1ccccc1)[c-]1cccc1.[Fe+2].c1cc[cH-]c1. The number of carbonyl (C=O) groups excluding carboxylic acids is 1. The van der Waals surface area contributed by atoms with Crippen molar-refractivity contribution in [2.75, 3.05) is 0 Å². The van der Waals surface area contributed by atoms with Crippen LogP contribution in [0.1, 0.15) is 22.0 Å². The zero-order chi connectivity index (χ0) is 21.7. The number of hydrogen-bond donors (Lipinski definition) is 0. The fraction of sp³-hybridized carbons (Fsp3) is 0.0800. The molecule has 1 amide bonds. The molecule has 7 heteroatoms. The predicted molar refractivity (Wildman–Crippen MR) is 123 cm³/mol. The van der Waals surface area contributed by atoms with E-state index < -0.39 is 22.0 Å². The first-order valence-electron chi connectivity index (χ1n) is 9.83. The second-order valence-electron chi connectivity index (χ2n) is 6.92. The van der Waals surface area contributed by atoms with E-state index >= 15 is 0 Å². The zero-order valence-electron chi connectivity index (χ0n) is 17.0. The Labute approximate surface area is 205 Å². The summed E-state index contributed by atoms with van der Waals surface area (Å²) in [5.41, 5.74) is 1.11. The maximum Gasteiger partial charge on any atom is 2.00 e. The van der Waals surface area contributed by atoms with Gasteiger partial charge < -0.3 is 0 Å². The van der Waals surface area contributed by atoms with Crippen LogP contribution in [0.2, 0.25) is 5.32 Å². The van der Waals surface area contributed by atoms with Crippen molar-refractivity contribution in [3.8, 4) is 0 Å². The third-order valence-corrected chi connectivity index (χ3v) is 9.05. The molecular formula is C25H21FeNO3SSe. The maximum absolute atomic E-state index is 13.1. The summed E-state index contributed by atoms with van der Waals surface area (Å²) in [5.74, 6) is -0.435. The summed E-state index contributed by atoms with van der Waals surface area (Å²) >= 11 is 0.0494. The van der Waals surface area contributed by atoms with E-state index in [0.29, 0.717) is 5.32 Å². The molecule has 1 atom stereocenters. The molecule has 1 aliphatic rings. The Kier molecular flexibility index (Phi) is 8.30. The quantitative estimate of drug-likeness (QED) is 0.278. The van der Waals surface area contributed by atoms with Crippen molar-refractivity contribution in [2.45, 2.75) is 16.3 Å². The second-order valence-corrected chi connectivity index (χ2v) is 11.0. The van der Waals surface area contributed by atoms with Crippen molar-refractivity contribution in [3.63, 3.8) is 0 Å². The number of fused-ring (bicyclic) bond motifs is 1. The first kappa shape index (κ1) is 24.2. The van der Waals surface area contributed by atoms with E-state index in [9.17, 15) is 13.2 Å². The Hall–Kier alpha value is -2.40. The number of carbonyl (C=O) groups is 1. The molecule has 1 heterocycles. The first-order valence-corrected chi connectivity index (χ1v) is 13.3. The van der Waals surface area contributed by atoms with E-state index in [4.69, 9.17) is 0 Å². The van der Waals surface area contributed by atoms with Gasteiger partial charge >= 0.3 is 176 Å². The van der Waals surface area contributed by atoms with Crippen LogP contribution in [0.3, 0.4) is 0 Å². The topological polar surface area (TPSA) is 54.5 Å². The second kappa shape index (κ2) is 11.0. The van der Waals surface area contributed by atoms with E-state index in [0.717, 1.165) is 9.87 Å². The summed E-state index contributed by atoms with van der Waals surface area (Å²) in [4.78, 5) is 13.0. The van der Waals surface area contributed by atoms with Crippen LogP contribution in [0.5, 0.6) is 0 Å². The van der Waals surface area contributed by atoms with Crippen LogP contribution in [0, 0.1) is 0 Å². The number of rotatable bonds is 5. The predicted octanol–water partition coefficient (Wildman–Crippen LogP) is 4.14. The Morgan fingerprint density at radius 3 is 2.09 bits per heavy atom. The van der Waals surface area contributed by atoms with E-state index in [1.165, 1.54) is 10.5 Å². The van der Waals surface area contributed by atoms with Crippen molar-refractivity contribution < 1.29 is 30.3 Å². The molecule has 0 N–H and O–H groups in total. The molecule has 1 aliphatic heterocycles. The Balaban J connectivity index is 0.000000427. The van der Waals surface area contributed by atoms with Gasteiger partial charge in [-0.05, 0) is 0 Å². The molecule has 0 aliphatic carbocycles. The molecule has 0 radical (unpaired) electrons. The van der Waals surface area contributed by atoms with Gasteiger partial charge in [-0.15, -0.1) is 0 Å². The number of benzene rings is 2. The normalized spacial score (nSPS) is 14.6. The van der Waals surface area contributed by atoms with Crippen LogP contribution < -0.4 is 4.46 Å². The molecule has 4 aromatic rings. The summed E-state index contributed by atoms with van der Waals surface area (Å²) in [6.45, 7) is 0. The van der Waals surface area contributed by atoms with Crippen molar-refractivity contribution in [1.29, 1.82) is 0 Å². The third-order valence-electron chi connectivity index (χ3n) is 4.92. The van der Waals surface area contributed by atoms with Gasteiger partial charge in [0.1, 0.15) is 0 Å². The van der Waals surface area contributed by atoms with Crippen molar-refractivity contribution in [1.82, 2.24) is 4.31 Å². The molecule has 4 nitrogen and oxygen atoms in total. The fourth-order valence-electron chi connectivity index (χ4n) is 3.43. The van der Waals surface area contributed by atoms with Crippen LogP contribution in [-0.2, 0) is 27.1 Å². The van der Waals surface area contributed by atoms with Gasteiger partial charge in [0.25, 0.3) is 0 Å². The van der Waals surface area contributed by atoms with Gasteiger partial charge in [0, 0.05) is 0 Å². The zero-order valence-corrected chi connectivity index (χ0v) is 20.7. The third kappa shape index (κ3) is 5.15. The van der Waals surface area contributed by atoms with Gasteiger partial charge in [0.05, 0.1) is 0 Å². The minimum absolute atomic E-state index is 0. The molecule has 4 aromatic carbocycles. The Morgan fingerprint density at radius 2 is 1.50 bits per heavy atom. The molecule has 0 saturated heterocycles. The smallest absolute Gasteiger partial charge is 0.214 e. The molecule has 0 spiro atoms. The Morgan fingerprint density at radius 1 is 0.875 bits per heavy atom. The van der Waals surface area contributed by atoms with E-state index in [2.05, 4.69) is 0 Å². The molecule has 164 valence electrons. The molecule has 32 heavy (non-hydrogen) atoms. The minimum atomic E-state index is -3.83. The maximum atomic E-state index is 13.1. The van der Waals surface area contributed by atoms with Crippen molar-refractivity contribution in [2.24, 2.45) is 0 Å². The molecule has 1 unspecified atom stereocenters. The molecule has 0 fully saturated rings. The van der Waals surface area contributed by atoms with Crippen molar-refractivity contribution in [3.05, 3.63) is 120 Å². The van der Waals surface area contributed by atoms with E-state index in [1.807, 2.05) is 84.9 Å². The largest absolute Gasteiger partial charge is 2.00 e. The fourth-order valence-corrected chi connectivity index (χ4v) is 7.58. The first-order chi connectivity index (χ1) is 15.1. The van der Waals surface area contributed by atoms with Crippen LogP contribution in [-0.4, -0.2) is 33.6 Å². The molecule has 5 rings (SSSR count). The number of hydrogen-bond acceptors (Lipinski definition) is 3. The van der Waals surface area contributed by atoms with Crippen molar-refractivity contribution >= 4 is 35.3 Å². The van der Waals surface area contributed by atoms with Gasteiger partial charge in [0.2, 0.25) is 0 Å². The average molecular weight is 550 g/mol. The monoisotopic (exact) mass is 551 g/mol. The van der Waals surface area contributed by atoms with E-state index in [-0.39, 0.29) is 42.5 Å². The summed E-state index contributed by atoms with van der Waals surface area (Å²) in [7, 11) is -3.83. The van der Waals surface area contributed by atoms with E-state index in [1.54, 1.807) is 18.2 Å². The number of nitrogens with zero attached hydrogens (tertiary/aromatic N) is 1. The summed E-state index contributed by atoms with van der Waals surface area (Å²) in [5, 5.41) is 0.597. The van der Waals surface area contributed by atoms with Gasteiger partial charge in [-0.3, -0.25) is 0 Å². The van der Waals surface area contributed by atoms with Crippen LogP contribution in [0.4, 0.5) is 0 Å². The van der Waals surface area contributed by atoms with Gasteiger partial charge in [-0.2, -0.15) is 18.2 Å². The van der Waals surface area contributed by atoms with Gasteiger partial charge in [-0.25, -0.2) is 12.1 Å². The molecule has 0 aromatic heterocycles. The number of sulfonamides is 1. The average Bonchev–Trinajstić information content (AvgIpc) is 3.56. The van der Waals surface area contributed by atoms with Crippen LogP contribution in [0.25, 0.3) is 0 Å². The molecule has 0 saturated carbocycles.